The first kappa shape index (κ1) is 11.3. The fourth-order valence-electron chi connectivity index (χ4n) is 1.82. The second-order valence-corrected chi connectivity index (χ2v) is 4.26. The van der Waals surface area contributed by atoms with Crippen molar-refractivity contribution in [3.05, 3.63) is 17.3 Å². The first-order chi connectivity index (χ1) is 7.66. The number of amides is 1. The van der Waals surface area contributed by atoms with Gasteiger partial charge in [-0.15, -0.1) is 10.2 Å². The van der Waals surface area contributed by atoms with Crippen molar-refractivity contribution in [2.24, 2.45) is 5.92 Å². The van der Waals surface area contributed by atoms with E-state index < -0.39 is 0 Å². The summed E-state index contributed by atoms with van der Waals surface area (Å²) in [5, 5.41) is 13.7. The second-order valence-electron chi connectivity index (χ2n) is 3.87. The summed E-state index contributed by atoms with van der Waals surface area (Å²) in [6.45, 7) is 2.89. The second kappa shape index (κ2) is 4.76. The van der Waals surface area contributed by atoms with Crippen molar-refractivity contribution >= 4 is 23.3 Å². The number of carbonyl (C=O) groups is 1. The molecular formula is C10H13ClN4O. The Balaban J connectivity index is 1.99. The fourth-order valence-corrected chi connectivity index (χ4v) is 1.92. The van der Waals surface area contributed by atoms with Gasteiger partial charge >= 0.3 is 0 Å². The SMILES string of the molecule is CC1NCCC1C(=O)Nc1ccc(Cl)nn1. The molecule has 1 aliphatic heterocycles. The normalized spacial score (nSPS) is 24.4. The van der Waals surface area contributed by atoms with Gasteiger partial charge in [-0.05, 0) is 32.0 Å². The van der Waals surface area contributed by atoms with Crippen LogP contribution in [0.2, 0.25) is 5.15 Å². The molecule has 5 nitrogen and oxygen atoms in total. The Hall–Kier alpha value is -1.20. The minimum Gasteiger partial charge on any atom is -0.313 e. The molecular weight excluding hydrogens is 228 g/mol. The van der Waals surface area contributed by atoms with Gasteiger partial charge in [0.25, 0.3) is 0 Å². The molecule has 1 aliphatic rings. The molecule has 2 unspecified atom stereocenters. The Morgan fingerprint density at radius 1 is 1.56 bits per heavy atom. The van der Waals surface area contributed by atoms with E-state index in [-0.39, 0.29) is 17.9 Å². The summed E-state index contributed by atoms with van der Waals surface area (Å²) in [6, 6.07) is 3.45. The van der Waals surface area contributed by atoms with E-state index in [0.717, 1.165) is 13.0 Å². The summed E-state index contributed by atoms with van der Waals surface area (Å²) in [5.74, 6) is 0.417. The van der Waals surface area contributed by atoms with E-state index in [9.17, 15) is 4.79 Å². The predicted molar refractivity (Wildman–Crippen MR) is 61.2 cm³/mol. The molecule has 2 N–H and O–H groups in total. The molecule has 1 aromatic heterocycles. The van der Waals surface area contributed by atoms with Gasteiger partial charge < -0.3 is 10.6 Å². The number of nitrogens with zero attached hydrogens (tertiary/aromatic N) is 2. The first-order valence-corrected chi connectivity index (χ1v) is 5.58. The maximum absolute atomic E-state index is 11.9. The molecule has 2 heterocycles. The van der Waals surface area contributed by atoms with E-state index in [1.807, 2.05) is 6.92 Å². The van der Waals surface area contributed by atoms with Crippen LogP contribution in [-0.2, 0) is 4.79 Å². The highest BCUT2D eigenvalue weighted by atomic mass is 35.5. The summed E-state index contributed by atoms with van der Waals surface area (Å²) >= 11 is 5.60. The number of aromatic nitrogens is 2. The van der Waals surface area contributed by atoms with Crippen LogP contribution in [0.3, 0.4) is 0 Å². The van der Waals surface area contributed by atoms with Crippen LogP contribution in [0.4, 0.5) is 5.82 Å². The van der Waals surface area contributed by atoms with Gasteiger partial charge in [-0.25, -0.2) is 0 Å². The molecule has 0 aliphatic carbocycles. The zero-order valence-corrected chi connectivity index (χ0v) is 9.66. The number of anilines is 1. The van der Waals surface area contributed by atoms with Gasteiger partial charge in [-0.1, -0.05) is 11.6 Å². The molecule has 0 bridgehead atoms. The number of carbonyl (C=O) groups excluding carboxylic acids is 1. The van der Waals surface area contributed by atoms with Crippen LogP contribution in [-0.4, -0.2) is 28.7 Å². The van der Waals surface area contributed by atoms with Crippen molar-refractivity contribution in [3.8, 4) is 0 Å². The minimum atomic E-state index is -0.0193. The smallest absolute Gasteiger partial charge is 0.230 e. The lowest BCUT2D eigenvalue weighted by molar-refractivity contribution is -0.120. The molecule has 1 amide bonds. The van der Waals surface area contributed by atoms with Gasteiger partial charge in [0.05, 0.1) is 5.92 Å². The van der Waals surface area contributed by atoms with Crippen molar-refractivity contribution in [2.75, 3.05) is 11.9 Å². The van der Waals surface area contributed by atoms with Crippen LogP contribution in [0.1, 0.15) is 13.3 Å². The van der Waals surface area contributed by atoms with Crippen LogP contribution in [0.15, 0.2) is 12.1 Å². The van der Waals surface area contributed by atoms with E-state index in [1.165, 1.54) is 0 Å². The molecule has 0 radical (unpaired) electrons. The minimum absolute atomic E-state index is 0.00234. The Labute approximate surface area is 98.6 Å². The highest BCUT2D eigenvalue weighted by molar-refractivity contribution is 6.29. The standard InChI is InChI=1S/C10H13ClN4O/c1-6-7(4-5-12-6)10(16)13-9-3-2-8(11)14-15-9/h2-3,6-7,12H,4-5H2,1H3,(H,13,15,16). The summed E-state index contributed by atoms with van der Waals surface area (Å²) in [6.07, 6.45) is 0.855. The molecule has 0 aromatic carbocycles. The summed E-state index contributed by atoms with van der Waals surface area (Å²) < 4.78 is 0. The quantitative estimate of drug-likeness (QED) is 0.812. The van der Waals surface area contributed by atoms with Gasteiger partial charge in [0, 0.05) is 6.04 Å². The van der Waals surface area contributed by atoms with Crippen LogP contribution >= 0.6 is 11.6 Å². The highest BCUT2D eigenvalue weighted by Gasteiger charge is 2.29. The summed E-state index contributed by atoms with van der Waals surface area (Å²) in [5.41, 5.74) is 0. The topological polar surface area (TPSA) is 66.9 Å². The Kier molecular flexibility index (Phi) is 3.36. The lowest BCUT2D eigenvalue weighted by Crippen LogP contribution is -2.32. The third-order valence-electron chi connectivity index (χ3n) is 2.75. The zero-order valence-electron chi connectivity index (χ0n) is 8.90. The van der Waals surface area contributed by atoms with E-state index in [2.05, 4.69) is 20.8 Å². The molecule has 1 saturated heterocycles. The highest BCUT2D eigenvalue weighted by Crippen LogP contribution is 2.17. The predicted octanol–water partition coefficient (Wildman–Crippen LogP) is 1.07. The van der Waals surface area contributed by atoms with Crippen molar-refractivity contribution < 1.29 is 4.79 Å². The molecule has 0 saturated carbocycles. The van der Waals surface area contributed by atoms with E-state index in [1.54, 1.807) is 12.1 Å². The van der Waals surface area contributed by atoms with Crippen molar-refractivity contribution in [1.29, 1.82) is 0 Å². The average molecular weight is 241 g/mol. The van der Waals surface area contributed by atoms with Crippen molar-refractivity contribution in [2.45, 2.75) is 19.4 Å². The van der Waals surface area contributed by atoms with Crippen molar-refractivity contribution in [1.82, 2.24) is 15.5 Å². The third kappa shape index (κ3) is 2.48. The number of rotatable bonds is 2. The van der Waals surface area contributed by atoms with Crippen LogP contribution in [0.25, 0.3) is 0 Å². The molecule has 1 fully saturated rings. The molecule has 86 valence electrons. The Morgan fingerprint density at radius 3 is 2.94 bits per heavy atom. The molecule has 16 heavy (non-hydrogen) atoms. The lowest BCUT2D eigenvalue weighted by Gasteiger charge is -2.13. The molecule has 0 spiro atoms. The average Bonchev–Trinajstić information content (AvgIpc) is 2.68. The van der Waals surface area contributed by atoms with E-state index in [4.69, 9.17) is 11.6 Å². The van der Waals surface area contributed by atoms with Gasteiger partial charge in [-0.3, -0.25) is 4.79 Å². The molecule has 6 heteroatoms. The molecule has 2 rings (SSSR count). The number of halogens is 1. The molecule has 1 aromatic rings. The van der Waals surface area contributed by atoms with Crippen LogP contribution < -0.4 is 10.6 Å². The van der Waals surface area contributed by atoms with Gasteiger partial charge in [0.15, 0.2) is 11.0 Å². The van der Waals surface area contributed by atoms with E-state index >= 15 is 0 Å². The van der Waals surface area contributed by atoms with Gasteiger partial charge in [0.2, 0.25) is 5.91 Å². The number of nitrogens with one attached hydrogen (secondary N) is 2. The Bertz CT molecular complexity index is 381. The fraction of sp³-hybridized carbons (Fsp3) is 0.500. The van der Waals surface area contributed by atoms with Gasteiger partial charge in [0.1, 0.15) is 0 Å². The Morgan fingerprint density at radius 2 is 2.38 bits per heavy atom. The lowest BCUT2D eigenvalue weighted by atomic mass is 10.0. The van der Waals surface area contributed by atoms with Crippen molar-refractivity contribution in [3.63, 3.8) is 0 Å². The zero-order chi connectivity index (χ0) is 11.5. The number of hydrogen-bond acceptors (Lipinski definition) is 4. The largest absolute Gasteiger partial charge is 0.313 e. The van der Waals surface area contributed by atoms with Gasteiger partial charge in [-0.2, -0.15) is 0 Å². The maximum Gasteiger partial charge on any atom is 0.230 e. The van der Waals surface area contributed by atoms with Crippen LogP contribution in [0, 0.1) is 5.92 Å². The monoisotopic (exact) mass is 240 g/mol. The number of hydrogen-bond donors (Lipinski definition) is 2. The van der Waals surface area contributed by atoms with Crippen LogP contribution in [0.5, 0.6) is 0 Å². The third-order valence-corrected chi connectivity index (χ3v) is 2.95. The van der Waals surface area contributed by atoms with E-state index in [0.29, 0.717) is 11.0 Å². The molecule has 2 atom stereocenters. The summed E-state index contributed by atoms with van der Waals surface area (Å²) in [4.78, 5) is 11.9. The first-order valence-electron chi connectivity index (χ1n) is 5.20. The maximum atomic E-state index is 11.9. The summed E-state index contributed by atoms with van der Waals surface area (Å²) in [7, 11) is 0.